The van der Waals surface area contributed by atoms with Crippen LogP contribution in [0.25, 0.3) is 10.9 Å². The van der Waals surface area contributed by atoms with Gasteiger partial charge in [-0.05, 0) is 29.8 Å². The van der Waals surface area contributed by atoms with Crippen molar-refractivity contribution in [2.24, 2.45) is 0 Å². The van der Waals surface area contributed by atoms with Gasteiger partial charge in [-0.3, -0.25) is 9.59 Å². The number of aromatic nitrogens is 2. The summed E-state index contributed by atoms with van der Waals surface area (Å²) in [5.41, 5.74) is 1.24. The maximum Gasteiger partial charge on any atom is 0.258 e. The molecule has 2 aromatic carbocycles. The van der Waals surface area contributed by atoms with Crippen LogP contribution < -0.4 is 10.3 Å². The molecule has 3 aromatic rings. The van der Waals surface area contributed by atoms with Crippen LogP contribution in [0.5, 0.6) is 5.75 Å². The van der Waals surface area contributed by atoms with Crippen LogP contribution in [0.4, 0.5) is 0 Å². The molecule has 146 valence electrons. The van der Waals surface area contributed by atoms with Gasteiger partial charge in [0.25, 0.3) is 5.56 Å². The summed E-state index contributed by atoms with van der Waals surface area (Å²) >= 11 is 0. The van der Waals surface area contributed by atoms with Crippen molar-refractivity contribution in [3.63, 3.8) is 0 Å². The van der Waals surface area contributed by atoms with Crippen LogP contribution in [0.15, 0.2) is 53.3 Å². The van der Waals surface area contributed by atoms with Gasteiger partial charge in [-0.15, -0.1) is 0 Å². The normalized spacial score (nSPS) is 10.8. The lowest BCUT2D eigenvalue weighted by atomic mass is 10.1. The maximum absolute atomic E-state index is 12.9. The van der Waals surface area contributed by atoms with Crippen LogP contribution in [0.2, 0.25) is 0 Å². The Morgan fingerprint density at radius 3 is 2.75 bits per heavy atom. The van der Waals surface area contributed by atoms with E-state index in [1.54, 1.807) is 37.3 Å². The van der Waals surface area contributed by atoms with Crippen molar-refractivity contribution < 1.29 is 14.3 Å². The van der Waals surface area contributed by atoms with Gasteiger partial charge >= 0.3 is 0 Å². The Hall–Kier alpha value is -3.19. The van der Waals surface area contributed by atoms with Gasteiger partial charge in [-0.1, -0.05) is 24.3 Å². The predicted octanol–water partition coefficient (Wildman–Crippen LogP) is 2.15. The average Bonchev–Trinajstić information content (AvgIpc) is 2.71. The standard InChI is InChI=1S/C21H23N3O4/c1-27-11-10-24(20(25)13-15-6-5-7-16(12-15)28-2)14-19-22-18-9-4-3-8-17(18)21(26)23-19/h3-9,12H,10-11,13-14H2,1-2H3,(H,22,23,26). The molecule has 7 nitrogen and oxygen atoms in total. The first-order valence-corrected chi connectivity index (χ1v) is 8.98. The number of nitrogens with one attached hydrogen (secondary N) is 1. The topological polar surface area (TPSA) is 84.5 Å². The third kappa shape index (κ3) is 4.75. The van der Waals surface area contributed by atoms with E-state index >= 15 is 0 Å². The highest BCUT2D eigenvalue weighted by molar-refractivity contribution is 5.79. The van der Waals surface area contributed by atoms with Gasteiger partial charge in [-0.25, -0.2) is 4.98 Å². The minimum Gasteiger partial charge on any atom is -0.497 e. The van der Waals surface area contributed by atoms with E-state index in [0.717, 1.165) is 5.56 Å². The number of hydrogen-bond donors (Lipinski definition) is 1. The van der Waals surface area contributed by atoms with Crippen molar-refractivity contribution in [3.8, 4) is 5.75 Å². The van der Waals surface area contributed by atoms with E-state index in [1.165, 1.54) is 0 Å². The molecule has 0 saturated carbocycles. The van der Waals surface area contributed by atoms with Crippen LogP contribution in [-0.2, 0) is 22.5 Å². The molecule has 7 heteroatoms. The summed E-state index contributed by atoms with van der Waals surface area (Å²) in [5.74, 6) is 1.06. The molecule has 28 heavy (non-hydrogen) atoms. The van der Waals surface area contributed by atoms with Crippen molar-refractivity contribution in [1.29, 1.82) is 0 Å². The quantitative estimate of drug-likeness (QED) is 0.646. The van der Waals surface area contributed by atoms with E-state index in [2.05, 4.69) is 9.97 Å². The van der Waals surface area contributed by atoms with Crippen molar-refractivity contribution in [3.05, 3.63) is 70.3 Å². The molecular weight excluding hydrogens is 358 g/mol. The molecule has 0 radical (unpaired) electrons. The van der Waals surface area contributed by atoms with Gasteiger partial charge < -0.3 is 19.4 Å². The van der Waals surface area contributed by atoms with Gasteiger partial charge in [0.1, 0.15) is 11.6 Å². The summed E-state index contributed by atoms with van der Waals surface area (Å²) in [5, 5.41) is 0.525. The molecule has 1 amide bonds. The molecule has 3 rings (SSSR count). The third-order valence-corrected chi connectivity index (χ3v) is 4.41. The van der Waals surface area contributed by atoms with E-state index in [4.69, 9.17) is 9.47 Å². The van der Waals surface area contributed by atoms with E-state index in [-0.39, 0.29) is 24.4 Å². The minimum atomic E-state index is -0.215. The number of H-pyrrole nitrogens is 1. The van der Waals surface area contributed by atoms with Crippen molar-refractivity contribution in [1.82, 2.24) is 14.9 Å². The lowest BCUT2D eigenvalue weighted by molar-refractivity contribution is -0.131. The molecule has 0 atom stereocenters. The van der Waals surface area contributed by atoms with Crippen molar-refractivity contribution in [2.45, 2.75) is 13.0 Å². The zero-order valence-electron chi connectivity index (χ0n) is 16.0. The number of carbonyl (C=O) groups is 1. The molecule has 1 N–H and O–H groups in total. The first-order chi connectivity index (χ1) is 13.6. The van der Waals surface area contributed by atoms with Crippen LogP contribution in [-0.4, -0.2) is 48.1 Å². The van der Waals surface area contributed by atoms with Gasteiger partial charge in [0.15, 0.2) is 0 Å². The van der Waals surface area contributed by atoms with Crippen molar-refractivity contribution >= 4 is 16.8 Å². The number of benzene rings is 2. The Labute approximate surface area is 162 Å². The molecule has 0 unspecified atom stereocenters. The number of methoxy groups -OCH3 is 2. The summed E-state index contributed by atoms with van der Waals surface area (Å²) in [6.45, 7) is 0.990. The van der Waals surface area contributed by atoms with Crippen LogP contribution in [0.1, 0.15) is 11.4 Å². The second-order valence-electron chi connectivity index (χ2n) is 6.37. The molecular formula is C21H23N3O4. The molecule has 0 aliphatic heterocycles. The highest BCUT2D eigenvalue weighted by Gasteiger charge is 2.16. The lowest BCUT2D eigenvalue weighted by Crippen LogP contribution is -2.35. The van der Waals surface area contributed by atoms with E-state index < -0.39 is 0 Å². The number of aromatic amines is 1. The highest BCUT2D eigenvalue weighted by Crippen LogP contribution is 2.14. The first kappa shape index (κ1) is 19.6. The number of rotatable bonds is 8. The average molecular weight is 381 g/mol. The van der Waals surface area contributed by atoms with Gasteiger partial charge in [-0.2, -0.15) is 0 Å². The van der Waals surface area contributed by atoms with Crippen LogP contribution >= 0.6 is 0 Å². The van der Waals surface area contributed by atoms with Crippen LogP contribution in [0.3, 0.4) is 0 Å². The maximum atomic E-state index is 12.9. The second kappa shape index (κ2) is 9.14. The summed E-state index contributed by atoms with van der Waals surface area (Å²) < 4.78 is 10.4. The molecule has 1 aromatic heterocycles. The smallest absolute Gasteiger partial charge is 0.258 e. The molecule has 0 fully saturated rings. The number of amides is 1. The largest absolute Gasteiger partial charge is 0.497 e. The third-order valence-electron chi connectivity index (χ3n) is 4.41. The Bertz CT molecular complexity index is 1020. The number of carbonyl (C=O) groups excluding carboxylic acids is 1. The van der Waals surface area contributed by atoms with E-state index in [1.807, 2.05) is 30.3 Å². The number of fused-ring (bicyclic) bond motifs is 1. The monoisotopic (exact) mass is 381 g/mol. The summed E-state index contributed by atoms with van der Waals surface area (Å²) in [6, 6.07) is 14.5. The molecule has 0 bridgehead atoms. The summed E-state index contributed by atoms with van der Waals surface area (Å²) in [4.78, 5) is 34.1. The number of para-hydroxylation sites is 1. The van der Waals surface area contributed by atoms with Gasteiger partial charge in [0.05, 0.1) is 37.6 Å². The zero-order chi connectivity index (χ0) is 19.9. The van der Waals surface area contributed by atoms with Gasteiger partial charge in [0.2, 0.25) is 5.91 Å². The zero-order valence-corrected chi connectivity index (χ0v) is 16.0. The van der Waals surface area contributed by atoms with E-state index in [0.29, 0.717) is 35.6 Å². The van der Waals surface area contributed by atoms with Gasteiger partial charge in [0, 0.05) is 13.7 Å². The Balaban J connectivity index is 1.81. The molecule has 0 aliphatic carbocycles. The Morgan fingerprint density at radius 2 is 1.96 bits per heavy atom. The number of ether oxygens (including phenoxy) is 2. The molecule has 0 spiro atoms. The fourth-order valence-corrected chi connectivity index (χ4v) is 2.95. The lowest BCUT2D eigenvalue weighted by Gasteiger charge is -2.22. The van der Waals surface area contributed by atoms with Crippen molar-refractivity contribution in [2.75, 3.05) is 27.4 Å². The molecule has 0 aliphatic rings. The second-order valence-corrected chi connectivity index (χ2v) is 6.37. The molecule has 1 heterocycles. The number of hydrogen-bond acceptors (Lipinski definition) is 5. The number of nitrogens with zero attached hydrogens (tertiary/aromatic N) is 2. The Morgan fingerprint density at radius 1 is 1.14 bits per heavy atom. The Kier molecular flexibility index (Phi) is 6.39. The summed E-state index contributed by atoms with van der Waals surface area (Å²) in [7, 11) is 3.18. The fourth-order valence-electron chi connectivity index (χ4n) is 2.95. The SMILES string of the molecule is COCCN(Cc1nc2ccccc2c(=O)[nH]1)C(=O)Cc1cccc(OC)c1. The predicted molar refractivity (Wildman–Crippen MR) is 106 cm³/mol. The fraction of sp³-hybridized carbons (Fsp3) is 0.286. The summed E-state index contributed by atoms with van der Waals surface area (Å²) in [6.07, 6.45) is 0.221. The first-order valence-electron chi connectivity index (χ1n) is 8.98. The minimum absolute atomic E-state index is 0.0823. The highest BCUT2D eigenvalue weighted by atomic mass is 16.5. The molecule has 0 saturated heterocycles. The van der Waals surface area contributed by atoms with E-state index in [9.17, 15) is 9.59 Å². The van der Waals surface area contributed by atoms with Crippen LogP contribution in [0, 0.1) is 0 Å².